The third-order valence-electron chi connectivity index (χ3n) is 3.05. The van der Waals surface area contributed by atoms with Gasteiger partial charge in [0, 0.05) is 23.3 Å². The van der Waals surface area contributed by atoms with E-state index < -0.39 is 0 Å². The molecule has 20 heavy (non-hydrogen) atoms. The van der Waals surface area contributed by atoms with Crippen LogP contribution in [0.3, 0.4) is 0 Å². The molecule has 6 heteroatoms. The van der Waals surface area contributed by atoms with Gasteiger partial charge in [0.05, 0.1) is 17.6 Å². The largest absolute Gasteiger partial charge is 0.397 e. The highest BCUT2D eigenvalue weighted by molar-refractivity contribution is 7.21. The maximum absolute atomic E-state index is 12.3. The highest BCUT2D eigenvalue weighted by atomic mass is 32.1. The maximum Gasteiger partial charge on any atom is 0.267 e. The van der Waals surface area contributed by atoms with Crippen LogP contribution in [0.2, 0.25) is 0 Å². The zero-order valence-corrected chi connectivity index (χ0v) is 12.0. The zero-order chi connectivity index (χ0) is 14.3. The van der Waals surface area contributed by atoms with E-state index in [1.807, 2.05) is 25.1 Å². The number of hydrogen-bond donors (Lipinski definition) is 2. The second kappa shape index (κ2) is 4.64. The normalized spacial score (nSPS) is 10.9. The van der Waals surface area contributed by atoms with E-state index in [0.29, 0.717) is 16.3 Å². The molecule has 0 radical (unpaired) electrons. The van der Waals surface area contributed by atoms with Crippen molar-refractivity contribution in [2.75, 3.05) is 11.1 Å². The minimum atomic E-state index is -0.200. The Bertz CT molecular complexity index is 803. The van der Waals surface area contributed by atoms with Crippen molar-refractivity contribution < 1.29 is 4.79 Å². The fraction of sp³-hybridized carbons (Fsp3) is 0.143. The van der Waals surface area contributed by atoms with Gasteiger partial charge in [0.1, 0.15) is 4.88 Å². The summed E-state index contributed by atoms with van der Waals surface area (Å²) < 4.78 is 2.66. The van der Waals surface area contributed by atoms with E-state index in [1.54, 1.807) is 24.1 Å². The van der Waals surface area contributed by atoms with Crippen molar-refractivity contribution in [3.63, 3.8) is 0 Å². The van der Waals surface area contributed by atoms with Gasteiger partial charge in [-0.1, -0.05) is 12.1 Å². The van der Waals surface area contributed by atoms with Gasteiger partial charge in [-0.05, 0) is 18.6 Å². The fourth-order valence-corrected chi connectivity index (χ4v) is 3.18. The molecular weight excluding hydrogens is 272 g/mol. The molecule has 3 N–H and O–H groups in total. The Morgan fingerprint density at radius 3 is 2.95 bits per heavy atom. The van der Waals surface area contributed by atoms with Gasteiger partial charge in [0.2, 0.25) is 0 Å². The van der Waals surface area contributed by atoms with Gasteiger partial charge < -0.3 is 11.1 Å². The number of hydrogen-bond acceptors (Lipinski definition) is 4. The summed E-state index contributed by atoms with van der Waals surface area (Å²) in [6, 6.07) is 5.99. The number of rotatable bonds is 2. The second-order valence-corrected chi connectivity index (χ2v) is 5.75. The average Bonchev–Trinajstić information content (AvgIpc) is 2.94. The van der Waals surface area contributed by atoms with Gasteiger partial charge in [-0.3, -0.25) is 9.48 Å². The van der Waals surface area contributed by atoms with E-state index in [0.717, 1.165) is 15.6 Å². The first-order chi connectivity index (χ1) is 9.54. The maximum atomic E-state index is 12.3. The van der Waals surface area contributed by atoms with Crippen LogP contribution in [0.5, 0.6) is 0 Å². The molecule has 0 unspecified atom stereocenters. The predicted octanol–water partition coefficient (Wildman–Crippen LogP) is 2.78. The van der Waals surface area contributed by atoms with Crippen LogP contribution in [0.1, 0.15) is 15.2 Å². The lowest BCUT2D eigenvalue weighted by Crippen LogP contribution is -2.11. The highest BCUT2D eigenvalue weighted by Crippen LogP contribution is 2.34. The van der Waals surface area contributed by atoms with E-state index in [4.69, 9.17) is 5.73 Å². The number of aromatic nitrogens is 2. The quantitative estimate of drug-likeness (QED) is 0.760. The average molecular weight is 286 g/mol. The molecule has 0 spiro atoms. The standard InChI is InChI=1S/C14H14N4OS/c1-8-3-4-10-11(5-8)20-13(12(10)15)14(19)17-9-6-16-18(2)7-9/h3-7H,15H2,1-2H3,(H,17,19). The second-order valence-electron chi connectivity index (χ2n) is 4.70. The first-order valence-corrected chi connectivity index (χ1v) is 6.95. The third kappa shape index (κ3) is 2.14. The number of thiophene rings is 1. The van der Waals surface area contributed by atoms with Crippen molar-refractivity contribution in [1.82, 2.24) is 9.78 Å². The molecule has 3 rings (SSSR count). The van der Waals surface area contributed by atoms with Gasteiger partial charge in [-0.25, -0.2) is 0 Å². The smallest absolute Gasteiger partial charge is 0.267 e. The first kappa shape index (κ1) is 12.7. The number of nitrogens with one attached hydrogen (secondary N) is 1. The van der Waals surface area contributed by atoms with Crippen molar-refractivity contribution in [3.8, 4) is 0 Å². The number of nitrogens with two attached hydrogens (primary N) is 1. The van der Waals surface area contributed by atoms with Gasteiger partial charge >= 0.3 is 0 Å². The lowest BCUT2D eigenvalue weighted by Gasteiger charge is -2.00. The van der Waals surface area contributed by atoms with Gasteiger partial charge in [0.15, 0.2) is 0 Å². The highest BCUT2D eigenvalue weighted by Gasteiger charge is 2.16. The summed E-state index contributed by atoms with van der Waals surface area (Å²) in [5, 5.41) is 7.75. The van der Waals surface area contributed by atoms with E-state index >= 15 is 0 Å². The number of aryl methyl sites for hydroxylation is 2. The Morgan fingerprint density at radius 1 is 1.45 bits per heavy atom. The van der Waals surface area contributed by atoms with Crippen molar-refractivity contribution in [2.45, 2.75) is 6.92 Å². The number of benzene rings is 1. The number of anilines is 2. The Morgan fingerprint density at radius 2 is 2.25 bits per heavy atom. The molecule has 0 bridgehead atoms. The number of nitrogen functional groups attached to an aromatic ring is 1. The molecule has 2 aromatic heterocycles. The minimum absolute atomic E-state index is 0.200. The number of fused-ring (bicyclic) bond motifs is 1. The van der Waals surface area contributed by atoms with Crippen LogP contribution in [-0.2, 0) is 7.05 Å². The number of carbonyl (C=O) groups excluding carboxylic acids is 1. The summed E-state index contributed by atoms with van der Waals surface area (Å²) in [5.41, 5.74) is 8.42. The van der Waals surface area contributed by atoms with Crippen LogP contribution in [0.4, 0.5) is 11.4 Å². The monoisotopic (exact) mass is 286 g/mol. The summed E-state index contributed by atoms with van der Waals surface area (Å²) in [6.45, 7) is 2.02. The van der Waals surface area contributed by atoms with Gasteiger partial charge in [0.25, 0.3) is 5.91 Å². The lowest BCUT2D eigenvalue weighted by molar-refractivity contribution is 0.103. The van der Waals surface area contributed by atoms with Crippen LogP contribution in [0, 0.1) is 6.92 Å². The molecule has 0 atom stereocenters. The van der Waals surface area contributed by atoms with Crippen LogP contribution in [0.25, 0.3) is 10.1 Å². The van der Waals surface area contributed by atoms with Crippen molar-refractivity contribution in [1.29, 1.82) is 0 Å². The molecule has 5 nitrogen and oxygen atoms in total. The number of nitrogens with zero attached hydrogens (tertiary/aromatic N) is 2. The van der Waals surface area contributed by atoms with Crippen LogP contribution in [-0.4, -0.2) is 15.7 Å². The molecule has 0 fully saturated rings. The molecule has 0 aliphatic heterocycles. The zero-order valence-electron chi connectivity index (χ0n) is 11.2. The molecular formula is C14H14N4OS. The summed E-state index contributed by atoms with van der Waals surface area (Å²) in [4.78, 5) is 12.8. The van der Waals surface area contributed by atoms with Crippen LogP contribution < -0.4 is 11.1 Å². The summed E-state index contributed by atoms with van der Waals surface area (Å²) >= 11 is 1.41. The molecule has 0 aliphatic carbocycles. The van der Waals surface area contributed by atoms with E-state index in [2.05, 4.69) is 10.4 Å². The van der Waals surface area contributed by atoms with Crippen molar-refractivity contribution in [2.24, 2.45) is 7.05 Å². The Labute approximate surface area is 120 Å². The first-order valence-electron chi connectivity index (χ1n) is 6.13. The Hall–Kier alpha value is -2.34. The molecule has 1 amide bonds. The molecule has 3 aromatic rings. The summed E-state index contributed by atoms with van der Waals surface area (Å²) in [7, 11) is 1.80. The number of carbonyl (C=O) groups is 1. The van der Waals surface area contributed by atoms with Gasteiger partial charge in [-0.15, -0.1) is 11.3 Å². The van der Waals surface area contributed by atoms with Crippen LogP contribution >= 0.6 is 11.3 Å². The molecule has 0 saturated heterocycles. The predicted molar refractivity (Wildman–Crippen MR) is 82.1 cm³/mol. The SMILES string of the molecule is Cc1ccc2c(N)c(C(=O)Nc3cnn(C)c3)sc2c1. The third-order valence-corrected chi connectivity index (χ3v) is 4.22. The van der Waals surface area contributed by atoms with Crippen molar-refractivity contribution in [3.05, 3.63) is 41.0 Å². The Kier molecular flexibility index (Phi) is 2.94. The molecule has 1 aromatic carbocycles. The summed E-state index contributed by atoms with van der Waals surface area (Å²) in [6.07, 6.45) is 3.34. The van der Waals surface area contributed by atoms with Gasteiger partial charge in [-0.2, -0.15) is 5.10 Å². The topological polar surface area (TPSA) is 72.9 Å². The van der Waals surface area contributed by atoms with E-state index in [-0.39, 0.29) is 5.91 Å². The van der Waals surface area contributed by atoms with Crippen LogP contribution in [0.15, 0.2) is 30.6 Å². The van der Waals surface area contributed by atoms with E-state index in [1.165, 1.54) is 11.3 Å². The molecule has 0 saturated carbocycles. The lowest BCUT2D eigenvalue weighted by atomic mass is 10.1. The molecule has 2 heterocycles. The summed E-state index contributed by atoms with van der Waals surface area (Å²) in [5.74, 6) is -0.200. The Balaban J connectivity index is 1.97. The minimum Gasteiger partial charge on any atom is -0.397 e. The van der Waals surface area contributed by atoms with E-state index in [9.17, 15) is 4.79 Å². The number of amides is 1. The molecule has 102 valence electrons. The fourth-order valence-electron chi connectivity index (χ4n) is 2.07. The van der Waals surface area contributed by atoms with Crippen molar-refractivity contribution >= 4 is 38.7 Å². The molecule has 0 aliphatic rings.